The number of carbonyl (C=O) groups excluding carboxylic acids is 1. The van der Waals surface area contributed by atoms with E-state index in [0.29, 0.717) is 22.5 Å². The molecule has 29 heavy (non-hydrogen) atoms. The summed E-state index contributed by atoms with van der Waals surface area (Å²) in [5.74, 6) is 1.72. The Morgan fingerprint density at radius 1 is 1.24 bits per heavy atom. The minimum atomic E-state index is -0.0487. The number of methoxy groups -OCH3 is 1. The summed E-state index contributed by atoms with van der Waals surface area (Å²) in [5.41, 5.74) is 0.814. The molecule has 0 saturated heterocycles. The summed E-state index contributed by atoms with van der Waals surface area (Å²) in [4.78, 5) is 20.4. The van der Waals surface area contributed by atoms with Gasteiger partial charge in [-0.25, -0.2) is 4.98 Å². The Morgan fingerprint density at radius 2 is 2.07 bits per heavy atom. The minimum absolute atomic E-state index is 0.0487. The van der Waals surface area contributed by atoms with Crippen LogP contribution in [0.1, 0.15) is 5.76 Å². The largest absolute Gasteiger partial charge is 0.497 e. The van der Waals surface area contributed by atoms with Crippen LogP contribution in [0.4, 0.5) is 5.13 Å². The maximum atomic E-state index is 13.1. The lowest BCUT2D eigenvalue weighted by molar-refractivity contribution is -0.116. The number of furan rings is 1. The van der Waals surface area contributed by atoms with Crippen molar-refractivity contribution in [2.75, 3.05) is 17.8 Å². The highest BCUT2D eigenvalue weighted by atomic mass is 35.5. The summed E-state index contributed by atoms with van der Waals surface area (Å²) in [5, 5.41) is 1.27. The summed E-state index contributed by atoms with van der Waals surface area (Å²) in [7, 11) is 1.63. The van der Waals surface area contributed by atoms with Gasteiger partial charge in [-0.15, -0.1) is 11.8 Å². The van der Waals surface area contributed by atoms with E-state index in [1.165, 1.54) is 23.1 Å². The minimum Gasteiger partial charge on any atom is -0.497 e. The number of halogens is 1. The van der Waals surface area contributed by atoms with Gasteiger partial charge < -0.3 is 9.15 Å². The highest BCUT2D eigenvalue weighted by Crippen LogP contribution is 2.32. The van der Waals surface area contributed by atoms with Gasteiger partial charge in [0, 0.05) is 9.92 Å². The number of benzene rings is 2. The number of carbonyl (C=O) groups is 1. The van der Waals surface area contributed by atoms with Gasteiger partial charge >= 0.3 is 0 Å². The first kappa shape index (κ1) is 19.8. The Balaban J connectivity index is 1.55. The molecule has 148 valence electrons. The van der Waals surface area contributed by atoms with Gasteiger partial charge in [0.1, 0.15) is 11.5 Å². The average Bonchev–Trinajstić information content (AvgIpc) is 3.39. The standard InChI is InChI=1S/C21H17ClN2O3S2/c1-26-15-5-7-17(8-6-15)28-13-20(25)24(12-16-3-2-10-27-16)21-23-18-9-4-14(22)11-19(18)29-21/h2-11H,12-13H2,1H3. The zero-order chi connectivity index (χ0) is 20.2. The van der Waals surface area contributed by atoms with Crippen LogP contribution in [0.25, 0.3) is 10.2 Å². The normalized spacial score (nSPS) is 11.0. The van der Waals surface area contributed by atoms with Crippen molar-refractivity contribution in [3.63, 3.8) is 0 Å². The van der Waals surface area contributed by atoms with E-state index in [-0.39, 0.29) is 11.7 Å². The first-order valence-corrected chi connectivity index (χ1v) is 11.0. The van der Waals surface area contributed by atoms with Crippen LogP contribution in [0.2, 0.25) is 5.02 Å². The average molecular weight is 445 g/mol. The second kappa shape index (κ2) is 8.90. The van der Waals surface area contributed by atoms with Crippen LogP contribution in [0.3, 0.4) is 0 Å². The van der Waals surface area contributed by atoms with E-state index < -0.39 is 0 Å². The molecule has 0 aliphatic rings. The molecule has 0 bridgehead atoms. The SMILES string of the molecule is COc1ccc(SCC(=O)N(Cc2ccco2)c2nc3ccc(Cl)cc3s2)cc1. The van der Waals surface area contributed by atoms with E-state index in [1.54, 1.807) is 24.3 Å². The van der Waals surface area contributed by atoms with Crippen molar-refractivity contribution in [3.8, 4) is 5.75 Å². The third kappa shape index (κ3) is 4.75. The van der Waals surface area contributed by atoms with Gasteiger partial charge in [-0.3, -0.25) is 9.69 Å². The molecule has 8 heteroatoms. The number of anilines is 1. The van der Waals surface area contributed by atoms with E-state index in [0.717, 1.165) is 20.9 Å². The number of nitrogens with zero attached hydrogens (tertiary/aromatic N) is 2. The fraction of sp³-hybridized carbons (Fsp3) is 0.143. The molecule has 2 aromatic carbocycles. The van der Waals surface area contributed by atoms with Crippen LogP contribution >= 0.6 is 34.7 Å². The number of amides is 1. The molecule has 0 fully saturated rings. The third-order valence-corrected chi connectivity index (χ3v) is 6.46. The van der Waals surface area contributed by atoms with Gasteiger partial charge in [0.05, 0.1) is 35.9 Å². The lowest BCUT2D eigenvalue weighted by atomic mass is 10.3. The first-order chi connectivity index (χ1) is 14.1. The number of thioether (sulfide) groups is 1. The van der Waals surface area contributed by atoms with Crippen LogP contribution < -0.4 is 9.64 Å². The molecule has 2 heterocycles. The van der Waals surface area contributed by atoms with Crippen LogP contribution in [-0.2, 0) is 11.3 Å². The van der Waals surface area contributed by atoms with Crippen molar-refractivity contribution in [2.24, 2.45) is 0 Å². The fourth-order valence-electron chi connectivity index (χ4n) is 2.72. The molecular formula is C21H17ClN2O3S2. The predicted octanol–water partition coefficient (Wildman–Crippen LogP) is 5.88. The third-order valence-electron chi connectivity index (χ3n) is 4.19. The van der Waals surface area contributed by atoms with Crippen LogP contribution in [0, 0.1) is 0 Å². The number of hydrogen-bond acceptors (Lipinski definition) is 6. The number of hydrogen-bond donors (Lipinski definition) is 0. The van der Waals surface area contributed by atoms with Crippen molar-refractivity contribution in [1.29, 1.82) is 0 Å². The maximum absolute atomic E-state index is 13.1. The smallest absolute Gasteiger partial charge is 0.239 e. The van der Waals surface area contributed by atoms with E-state index in [2.05, 4.69) is 4.98 Å². The molecular weight excluding hydrogens is 428 g/mol. The summed E-state index contributed by atoms with van der Waals surface area (Å²) < 4.78 is 11.6. The van der Waals surface area contributed by atoms with Gasteiger partial charge in [-0.05, 0) is 54.6 Å². The number of rotatable bonds is 7. The van der Waals surface area contributed by atoms with E-state index in [9.17, 15) is 4.79 Å². The summed E-state index contributed by atoms with van der Waals surface area (Å²) in [6.07, 6.45) is 1.60. The topological polar surface area (TPSA) is 55.6 Å². The van der Waals surface area contributed by atoms with Gasteiger partial charge in [0.25, 0.3) is 0 Å². The summed E-state index contributed by atoms with van der Waals surface area (Å²) >= 11 is 9.00. The summed E-state index contributed by atoms with van der Waals surface area (Å²) in [6.45, 7) is 0.322. The zero-order valence-electron chi connectivity index (χ0n) is 15.5. The molecule has 0 spiro atoms. The molecule has 4 rings (SSSR count). The molecule has 0 aliphatic carbocycles. The Hall–Kier alpha value is -2.48. The highest BCUT2D eigenvalue weighted by molar-refractivity contribution is 8.00. The Morgan fingerprint density at radius 3 is 2.79 bits per heavy atom. The van der Waals surface area contributed by atoms with Gasteiger partial charge in [0.2, 0.25) is 5.91 Å². The molecule has 0 N–H and O–H groups in total. The molecule has 4 aromatic rings. The van der Waals surface area contributed by atoms with E-state index >= 15 is 0 Å². The van der Waals surface area contributed by atoms with E-state index in [1.807, 2.05) is 48.5 Å². The van der Waals surface area contributed by atoms with Crippen LogP contribution in [0.5, 0.6) is 5.75 Å². The molecule has 0 unspecified atom stereocenters. The van der Waals surface area contributed by atoms with Crippen molar-refractivity contribution in [1.82, 2.24) is 4.98 Å². The monoisotopic (exact) mass is 444 g/mol. The van der Waals surface area contributed by atoms with Gasteiger partial charge in [-0.1, -0.05) is 22.9 Å². The molecule has 2 aromatic heterocycles. The number of thiazole rings is 1. The fourth-order valence-corrected chi connectivity index (χ4v) is 4.75. The van der Waals surface area contributed by atoms with Gasteiger partial charge in [-0.2, -0.15) is 0 Å². The molecule has 1 amide bonds. The number of fused-ring (bicyclic) bond motifs is 1. The highest BCUT2D eigenvalue weighted by Gasteiger charge is 2.21. The molecule has 0 saturated carbocycles. The Kier molecular flexibility index (Phi) is 6.08. The lowest BCUT2D eigenvalue weighted by Gasteiger charge is -2.18. The molecule has 5 nitrogen and oxygen atoms in total. The Labute approximate surface area is 181 Å². The van der Waals surface area contributed by atoms with Crippen molar-refractivity contribution in [3.05, 3.63) is 71.6 Å². The summed E-state index contributed by atoms with van der Waals surface area (Å²) in [6, 6.07) is 16.8. The van der Waals surface area contributed by atoms with Crippen LogP contribution in [0.15, 0.2) is 70.2 Å². The molecule has 0 atom stereocenters. The van der Waals surface area contributed by atoms with Gasteiger partial charge in [0.15, 0.2) is 5.13 Å². The quantitative estimate of drug-likeness (QED) is 0.333. The molecule has 0 radical (unpaired) electrons. The first-order valence-electron chi connectivity index (χ1n) is 8.78. The van der Waals surface area contributed by atoms with Crippen molar-refractivity contribution in [2.45, 2.75) is 11.4 Å². The lowest BCUT2D eigenvalue weighted by Crippen LogP contribution is -2.31. The Bertz CT molecular complexity index is 1110. The second-order valence-electron chi connectivity index (χ2n) is 6.13. The predicted molar refractivity (Wildman–Crippen MR) is 118 cm³/mol. The number of ether oxygens (including phenoxy) is 1. The van der Waals surface area contributed by atoms with E-state index in [4.69, 9.17) is 20.8 Å². The van der Waals surface area contributed by atoms with Crippen molar-refractivity contribution < 1.29 is 13.9 Å². The van der Waals surface area contributed by atoms with Crippen LogP contribution in [-0.4, -0.2) is 23.8 Å². The second-order valence-corrected chi connectivity index (χ2v) is 8.63. The maximum Gasteiger partial charge on any atom is 0.239 e. The zero-order valence-corrected chi connectivity index (χ0v) is 17.9. The van der Waals surface area contributed by atoms with Crippen molar-refractivity contribution >= 4 is 56.0 Å². The number of aromatic nitrogens is 1. The molecule has 0 aliphatic heterocycles.